The van der Waals surface area contributed by atoms with Crippen molar-refractivity contribution < 1.29 is 23.3 Å². The molecule has 0 radical (unpaired) electrons. The monoisotopic (exact) mass is 469 g/mol. The first kappa shape index (κ1) is 22.5. The average Bonchev–Trinajstić information content (AvgIpc) is 3.57. The van der Waals surface area contributed by atoms with E-state index in [1.54, 1.807) is 17.0 Å². The van der Waals surface area contributed by atoms with Crippen LogP contribution in [-0.4, -0.2) is 63.0 Å². The molecule has 1 aromatic heterocycles. The minimum absolute atomic E-state index is 0.00870. The number of urea groups is 1. The second-order valence-corrected chi connectivity index (χ2v) is 9.42. The van der Waals surface area contributed by atoms with Crippen LogP contribution >= 0.6 is 0 Å². The zero-order chi connectivity index (χ0) is 23.7. The van der Waals surface area contributed by atoms with Gasteiger partial charge in [0.1, 0.15) is 11.4 Å². The van der Waals surface area contributed by atoms with E-state index in [9.17, 15) is 18.8 Å². The van der Waals surface area contributed by atoms with Gasteiger partial charge in [0.15, 0.2) is 0 Å². The summed E-state index contributed by atoms with van der Waals surface area (Å²) < 4.78 is 18.6. The van der Waals surface area contributed by atoms with Crippen molar-refractivity contribution in [1.29, 1.82) is 0 Å². The van der Waals surface area contributed by atoms with Crippen molar-refractivity contribution in [3.05, 3.63) is 36.0 Å². The van der Waals surface area contributed by atoms with Crippen molar-refractivity contribution >= 4 is 17.8 Å². The lowest BCUT2D eigenvalue weighted by Crippen LogP contribution is -2.44. The van der Waals surface area contributed by atoms with Crippen molar-refractivity contribution in [3.8, 4) is 11.4 Å². The van der Waals surface area contributed by atoms with Gasteiger partial charge in [0, 0.05) is 31.6 Å². The Morgan fingerprint density at radius 3 is 2.71 bits per heavy atom. The third-order valence-corrected chi connectivity index (χ3v) is 7.14. The van der Waals surface area contributed by atoms with Gasteiger partial charge in [0.05, 0.1) is 5.92 Å². The SMILES string of the molecule is O=C(CCCN1C(=O)NC2(CCCC2)C1=O)N1CCCC(c2nc(-c3ccc(F)cc3)no2)C1. The molecule has 4 amide bonds. The lowest BCUT2D eigenvalue weighted by molar-refractivity contribution is -0.134. The van der Waals surface area contributed by atoms with E-state index in [0.29, 0.717) is 49.6 Å². The molecule has 34 heavy (non-hydrogen) atoms. The van der Waals surface area contributed by atoms with E-state index >= 15 is 0 Å². The molecule has 1 spiro atoms. The summed E-state index contributed by atoms with van der Waals surface area (Å²) in [4.78, 5) is 45.4. The molecule has 1 atom stereocenters. The molecule has 1 N–H and O–H groups in total. The van der Waals surface area contributed by atoms with Crippen molar-refractivity contribution in [1.82, 2.24) is 25.3 Å². The fraction of sp³-hybridized carbons (Fsp3) is 0.542. The highest BCUT2D eigenvalue weighted by Crippen LogP contribution is 2.35. The molecule has 1 aliphatic carbocycles. The van der Waals surface area contributed by atoms with Crippen molar-refractivity contribution in [2.45, 2.75) is 62.8 Å². The Labute approximate surface area is 196 Å². The molecule has 2 saturated heterocycles. The van der Waals surface area contributed by atoms with Gasteiger partial charge in [-0.2, -0.15) is 4.98 Å². The highest BCUT2D eigenvalue weighted by Gasteiger charge is 2.52. The Morgan fingerprint density at radius 1 is 1.18 bits per heavy atom. The number of benzene rings is 1. The predicted molar refractivity (Wildman–Crippen MR) is 119 cm³/mol. The van der Waals surface area contributed by atoms with E-state index in [1.807, 2.05) is 0 Å². The van der Waals surface area contributed by atoms with Crippen LogP contribution in [0.1, 0.15) is 63.2 Å². The maximum absolute atomic E-state index is 13.2. The molecule has 0 bridgehead atoms. The first-order valence-electron chi connectivity index (χ1n) is 12.0. The summed E-state index contributed by atoms with van der Waals surface area (Å²) in [7, 11) is 0. The zero-order valence-electron chi connectivity index (χ0n) is 19.0. The van der Waals surface area contributed by atoms with Gasteiger partial charge in [-0.15, -0.1) is 0 Å². The van der Waals surface area contributed by atoms with Gasteiger partial charge in [0.2, 0.25) is 17.6 Å². The van der Waals surface area contributed by atoms with E-state index in [4.69, 9.17) is 4.52 Å². The quantitative estimate of drug-likeness (QED) is 0.651. The number of amides is 4. The molecule has 3 aliphatic rings. The van der Waals surface area contributed by atoms with E-state index in [0.717, 1.165) is 25.7 Å². The van der Waals surface area contributed by atoms with Gasteiger partial charge in [0.25, 0.3) is 5.91 Å². The van der Waals surface area contributed by atoms with E-state index in [1.165, 1.54) is 17.0 Å². The molecule has 3 fully saturated rings. The molecule has 2 aliphatic heterocycles. The molecule has 3 heterocycles. The van der Waals surface area contributed by atoms with Crippen molar-refractivity contribution in [3.63, 3.8) is 0 Å². The molecular formula is C24H28FN5O4. The lowest BCUT2D eigenvalue weighted by Gasteiger charge is -2.31. The summed E-state index contributed by atoms with van der Waals surface area (Å²) in [6.45, 7) is 1.39. The summed E-state index contributed by atoms with van der Waals surface area (Å²) >= 11 is 0. The van der Waals surface area contributed by atoms with Crippen LogP contribution < -0.4 is 5.32 Å². The Bertz CT molecular complexity index is 1080. The minimum Gasteiger partial charge on any atom is -0.342 e. The molecule has 1 saturated carbocycles. The topological polar surface area (TPSA) is 109 Å². The summed E-state index contributed by atoms with van der Waals surface area (Å²) in [5.74, 6) is 0.318. The van der Waals surface area contributed by atoms with Gasteiger partial charge in [-0.25, -0.2) is 9.18 Å². The highest BCUT2D eigenvalue weighted by atomic mass is 19.1. The number of carbonyl (C=O) groups is 3. The molecule has 5 rings (SSSR count). The Balaban J connectivity index is 1.14. The number of piperidine rings is 1. The van der Waals surface area contributed by atoms with Crippen molar-refractivity contribution in [2.24, 2.45) is 0 Å². The second-order valence-electron chi connectivity index (χ2n) is 9.42. The minimum atomic E-state index is -0.710. The number of hydrogen-bond donors (Lipinski definition) is 1. The van der Waals surface area contributed by atoms with Gasteiger partial charge < -0.3 is 14.7 Å². The second kappa shape index (κ2) is 9.15. The summed E-state index contributed by atoms with van der Waals surface area (Å²) in [6, 6.07) is 5.55. The number of nitrogens with zero attached hydrogens (tertiary/aromatic N) is 4. The Morgan fingerprint density at radius 2 is 1.94 bits per heavy atom. The van der Waals surface area contributed by atoms with Crippen LogP contribution in [0, 0.1) is 5.82 Å². The first-order valence-corrected chi connectivity index (χ1v) is 12.0. The molecule has 180 valence electrons. The van der Waals surface area contributed by atoms with Gasteiger partial charge in [-0.05, 0) is 56.4 Å². The molecule has 1 unspecified atom stereocenters. The van der Waals surface area contributed by atoms with Gasteiger partial charge >= 0.3 is 6.03 Å². The largest absolute Gasteiger partial charge is 0.342 e. The summed E-state index contributed by atoms with van der Waals surface area (Å²) in [5, 5.41) is 6.88. The third kappa shape index (κ3) is 4.28. The number of likely N-dealkylation sites (tertiary alicyclic amines) is 1. The normalized spacial score (nSPS) is 22.0. The van der Waals surface area contributed by atoms with Crippen molar-refractivity contribution in [2.75, 3.05) is 19.6 Å². The molecule has 9 nitrogen and oxygen atoms in total. The van der Waals surface area contributed by atoms with Crippen LogP contribution in [0.2, 0.25) is 0 Å². The van der Waals surface area contributed by atoms with Gasteiger partial charge in [-0.3, -0.25) is 14.5 Å². The summed E-state index contributed by atoms with van der Waals surface area (Å²) in [5.41, 5.74) is -0.0436. The molecule has 10 heteroatoms. The van der Waals surface area contributed by atoms with E-state index in [2.05, 4.69) is 15.5 Å². The van der Waals surface area contributed by atoms with E-state index < -0.39 is 5.54 Å². The first-order chi connectivity index (χ1) is 16.4. The highest BCUT2D eigenvalue weighted by molar-refractivity contribution is 6.07. The number of rotatable bonds is 6. The maximum Gasteiger partial charge on any atom is 0.325 e. The molecule has 1 aromatic carbocycles. The number of aromatic nitrogens is 2. The number of carbonyl (C=O) groups excluding carboxylic acids is 3. The predicted octanol–water partition coefficient (Wildman–Crippen LogP) is 3.23. The standard InChI is InChI=1S/C24H28FN5O4/c25-18-9-7-16(8-10-18)20-26-21(34-28-20)17-5-3-13-29(15-17)19(31)6-4-14-30-22(32)24(27-23(30)33)11-1-2-12-24/h7-10,17H,1-6,11-15H2,(H,27,33). The number of halogens is 1. The summed E-state index contributed by atoms with van der Waals surface area (Å²) in [6.07, 6.45) is 5.63. The van der Waals surface area contributed by atoms with Crippen LogP contribution in [-0.2, 0) is 9.59 Å². The molecule has 2 aromatic rings. The average molecular weight is 470 g/mol. The van der Waals surface area contributed by atoms with Crippen LogP contribution in [0.3, 0.4) is 0 Å². The Kier molecular flexibility index (Phi) is 6.05. The zero-order valence-corrected chi connectivity index (χ0v) is 19.0. The fourth-order valence-electron chi connectivity index (χ4n) is 5.27. The smallest absolute Gasteiger partial charge is 0.325 e. The van der Waals surface area contributed by atoms with Crippen LogP contribution in [0.4, 0.5) is 9.18 Å². The third-order valence-electron chi connectivity index (χ3n) is 7.14. The number of hydrogen-bond acceptors (Lipinski definition) is 6. The van der Waals surface area contributed by atoms with Crippen LogP contribution in [0.15, 0.2) is 28.8 Å². The molecular weight excluding hydrogens is 441 g/mol. The number of nitrogens with one attached hydrogen (secondary N) is 1. The van der Waals surface area contributed by atoms with Crippen LogP contribution in [0.5, 0.6) is 0 Å². The lowest BCUT2D eigenvalue weighted by atomic mass is 9.97. The van der Waals surface area contributed by atoms with E-state index in [-0.39, 0.29) is 42.5 Å². The Hall–Kier alpha value is -3.30. The van der Waals surface area contributed by atoms with Gasteiger partial charge in [-0.1, -0.05) is 18.0 Å². The maximum atomic E-state index is 13.2. The van der Waals surface area contributed by atoms with Crippen LogP contribution in [0.25, 0.3) is 11.4 Å². The fourth-order valence-corrected chi connectivity index (χ4v) is 5.27. The number of imide groups is 1.